The van der Waals surface area contributed by atoms with Crippen LogP contribution in [0.1, 0.15) is 27.7 Å². The van der Waals surface area contributed by atoms with Gasteiger partial charge >= 0.3 is 6.03 Å². The first-order valence-corrected chi connectivity index (χ1v) is 4.79. The molecule has 0 saturated carbocycles. The van der Waals surface area contributed by atoms with Gasteiger partial charge in [0.05, 0.1) is 0 Å². The average Bonchev–Trinajstić information content (AvgIpc) is 2.10. The number of amides is 2. The van der Waals surface area contributed by atoms with Crippen molar-refractivity contribution < 1.29 is 10.0 Å². The van der Waals surface area contributed by atoms with Crippen molar-refractivity contribution in [3.63, 3.8) is 0 Å². The molecular formula is C9H20N4O2. The Morgan fingerprint density at radius 1 is 1.53 bits per heavy atom. The smallest absolute Gasteiger partial charge is 0.315 e. The first-order valence-electron chi connectivity index (χ1n) is 4.79. The van der Waals surface area contributed by atoms with E-state index in [-0.39, 0.29) is 23.3 Å². The van der Waals surface area contributed by atoms with Crippen molar-refractivity contribution in [3.8, 4) is 0 Å². The normalized spacial score (nSPS) is 14.5. The molecule has 0 aliphatic carbocycles. The Balaban J connectivity index is 3.92. The van der Waals surface area contributed by atoms with Gasteiger partial charge in [-0.1, -0.05) is 12.1 Å². The van der Waals surface area contributed by atoms with Crippen LogP contribution in [-0.2, 0) is 0 Å². The largest absolute Gasteiger partial charge is 0.409 e. The van der Waals surface area contributed by atoms with E-state index in [4.69, 9.17) is 10.9 Å². The predicted octanol–water partition coefficient (Wildman–Crippen LogP) is 0.467. The Labute approximate surface area is 89.9 Å². The van der Waals surface area contributed by atoms with Crippen LogP contribution in [-0.4, -0.2) is 29.2 Å². The third-order valence-electron chi connectivity index (χ3n) is 1.68. The van der Waals surface area contributed by atoms with Crippen molar-refractivity contribution in [2.24, 2.45) is 16.8 Å². The van der Waals surface area contributed by atoms with Gasteiger partial charge in [0.15, 0.2) is 0 Å². The highest BCUT2D eigenvalue weighted by molar-refractivity contribution is 5.83. The van der Waals surface area contributed by atoms with E-state index in [2.05, 4.69) is 15.8 Å². The van der Waals surface area contributed by atoms with E-state index in [1.807, 2.05) is 20.8 Å². The monoisotopic (exact) mass is 216 g/mol. The van der Waals surface area contributed by atoms with E-state index < -0.39 is 0 Å². The lowest BCUT2D eigenvalue weighted by Gasteiger charge is -2.21. The molecule has 5 N–H and O–H groups in total. The summed E-state index contributed by atoms with van der Waals surface area (Å²) in [5.74, 6) is -0.0909. The number of nitrogens with zero attached hydrogens (tertiary/aromatic N) is 1. The molecule has 2 amide bonds. The van der Waals surface area contributed by atoms with Gasteiger partial charge in [-0.15, -0.1) is 0 Å². The number of carbonyl (C=O) groups is 1. The summed E-state index contributed by atoms with van der Waals surface area (Å²) in [6.07, 6.45) is 0. The minimum Gasteiger partial charge on any atom is -0.409 e. The minimum absolute atomic E-state index is 0.103. The van der Waals surface area contributed by atoms with E-state index in [1.165, 1.54) is 0 Å². The van der Waals surface area contributed by atoms with E-state index >= 15 is 0 Å². The summed E-state index contributed by atoms with van der Waals surface area (Å²) in [6, 6.07) is -0.264. The predicted molar refractivity (Wildman–Crippen MR) is 58.9 cm³/mol. The van der Waals surface area contributed by atoms with E-state index in [9.17, 15) is 4.79 Å². The molecule has 0 fully saturated rings. The van der Waals surface area contributed by atoms with Crippen molar-refractivity contribution in [2.45, 2.75) is 33.2 Å². The van der Waals surface area contributed by atoms with Gasteiger partial charge in [-0.25, -0.2) is 4.79 Å². The minimum atomic E-state index is -0.274. The Morgan fingerprint density at radius 2 is 2.07 bits per heavy atom. The maximum absolute atomic E-state index is 11.3. The summed E-state index contributed by atoms with van der Waals surface area (Å²) in [5.41, 5.74) is 5.08. The number of carbonyl (C=O) groups excluding carboxylic acids is 1. The molecule has 0 aromatic carbocycles. The standard InChI is InChI=1S/C9H20N4O2/c1-6(7(10)13-15)5-11-8(14)12-9(2,3)4/h6,15H,5H2,1-4H3,(H2,10,13)(H2,11,12,14). The van der Waals surface area contributed by atoms with Crippen LogP contribution in [0.2, 0.25) is 0 Å². The summed E-state index contributed by atoms with van der Waals surface area (Å²) >= 11 is 0. The maximum atomic E-state index is 11.3. The fourth-order valence-corrected chi connectivity index (χ4v) is 0.834. The molecule has 0 rings (SSSR count). The van der Waals surface area contributed by atoms with Crippen LogP contribution in [0.4, 0.5) is 4.79 Å². The van der Waals surface area contributed by atoms with Crippen LogP contribution in [0, 0.1) is 5.92 Å². The molecule has 0 spiro atoms. The summed E-state index contributed by atoms with van der Waals surface area (Å²) < 4.78 is 0. The zero-order valence-electron chi connectivity index (χ0n) is 9.66. The van der Waals surface area contributed by atoms with Crippen molar-refractivity contribution in [3.05, 3.63) is 0 Å². The van der Waals surface area contributed by atoms with Crippen molar-refractivity contribution in [1.82, 2.24) is 10.6 Å². The molecule has 6 nitrogen and oxygen atoms in total. The molecule has 0 bridgehead atoms. The molecule has 0 heterocycles. The molecule has 1 unspecified atom stereocenters. The number of nitrogens with one attached hydrogen (secondary N) is 2. The Bertz CT molecular complexity index is 245. The number of rotatable bonds is 3. The second kappa shape index (κ2) is 5.43. The second-order valence-electron chi connectivity index (χ2n) is 4.51. The number of amidine groups is 1. The fraction of sp³-hybridized carbons (Fsp3) is 0.778. The number of oxime groups is 1. The molecule has 0 aromatic heterocycles. The van der Waals surface area contributed by atoms with Gasteiger partial charge in [-0.05, 0) is 20.8 Å². The van der Waals surface area contributed by atoms with E-state index in [0.29, 0.717) is 6.54 Å². The Kier molecular flexibility index (Phi) is 4.90. The lowest BCUT2D eigenvalue weighted by atomic mass is 10.1. The maximum Gasteiger partial charge on any atom is 0.315 e. The highest BCUT2D eigenvalue weighted by atomic mass is 16.4. The quantitative estimate of drug-likeness (QED) is 0.239. The summed E-state index contributed by atoms with van der Waals surface area (Å²) in [6.45, 7) is 7.75. The van der Waals surface area contributed by atoms with Crippen LogP contribution in [0.15, 0.2) is 5.16 Å². The highest BCUT2D eigenvalue weighted by Gasteiger charge is 2.14. The lowest BCUT2D eigenvalue weighted by molar-refractivity contribution is 0.231. The number of urea groups is 1. The molecule has 0 aromatic rings. The Morgan fingerprint density at radius 3 is 2.47 bits per heavy atom. The first-order chi connectivity index (χ1) is 6.76. The summed E-state index contributed by atoms with van der Waals surface area (Å²) in [4.78, 5) is 11.3. The number of hydrogen-bond donors (Lipinski definition) is 4. The SMILES string of the molecule is CC(CNC(=O)NC(C)(C)C)C(N)=NO. The first kappa shape index (κ1) is 13.5. The highest BCUT2D eigenvalue weighted by Crippen LogP contribution is 1.98. The van der Waals surface area contributed by atoms with Crippen LogP contribution < -0.4 is 16.4 Å². The molecule has 0 saturated heterocycles. The van der Waals surface area contributed by atoms with Crippen molar-refractivity contribution in [2.75, 3.05) is 6.54 Å². The molecule has 1 atom stereocenters. The lowest BCUT2D eigenvalue weighted by Crippen LogP contribution is -2.48. The van der Waals surface area contributed by atoms with Crippen LogP contribution >= 0.6 is 0 Å². The van der Waals surface area contributed by atoms with Crippen LogP contribution in [0.3, 0.4) is 0 Å². The fourth-order valence-electron chi connectivity index (χ4n) is 0.834. The van der Waals surface area contributed by atoms with E-state index in [0.717, 1.165) is 0 Å². The van der Waals surface area contributed by atoms with Gasteiger partial charge in [0, 0.05) is 18.0 Å². The van der Waals surface area contributed by atoms with Crippen molar-refractivity contribution >= 4 is 11.9 Å². The van der Waals surface area contributed by atoms with Gasteiger partial charge < -0.3 is 21.6 Å². The Hall–Kier alpha value is -1.46. The van der Waals surface area contributed by atoms with Gasteiger partial charge in [-0.3, -0.25) is 0 Å². The van der Waals surface area contributed by atoms with E-state index in [1.54, 1.807) is 6.92 Å². The van der Waals surface area contributed by atoms with Crippen molar-refractivity contribution in [1.29, 1.82) is 0 Å². The molecule has 6 heteroatoms. The molecule has 88 valence electrons. The molecular weight excluding hydrogens is 196 g/mol. The third kappa shape index (κ3) is 6.59. The number of hydrogen-bond acceptors (Lipinski definition) is 3. The van der Waals surface area contributed by atoms with Gasteiger partial charge in [0.2, 0.25) is 0 Å². The third-order valence-corrected chi connectivity index (χ3v) is 1.68. The summed E-state index contributed by atoms with van der Waals surface area (Å²) in [5, 5.41) is 16.6. The van der Waals surface area contributed by atoms with Crippen LogP contribution in [0.5, 0.6) is 0 Å². The zero-order chi connectivity index (χ0) is 12.1. The van der Waals surface area contributed by atoms with Gasteiger partial charge in [0.25, 0.3) is 0 Å². The molecule has 0 radical (unpaired) electrons. The molecule has 15 heavy (non-hydrogen) atoms. The van der Waals surface area contributed by atoms with Crippen LogP contribution in [0.25, 0.3) is 0 Å². The zero-order valence-corrected chi connectivity index (χ0v) is 9.66. The van der Waals surface area contributed by atoms with Gasteiger partial charge in [0.1, 0.15) is 5.84 Å². The number of nitrogens with two attached hydrogens (primary N) is 1. The molecule has 0 aliphatic rings. The average molecular weight is 216 g/mol. The second-order valence-corrected chi connectivity index (χ2v) is 4.51. The molecule has 0 aliphatic heterocycles. The topological polar surface area (TPSA) is 99.7 Å². The summed E-state index contributed by atoms with van der Waals surface area (Å²) in [7, 11) is 0. The van der Waals surface area contributed by atoms with Gasteiger partial charge in [-0.2, -0.15) is 0 Å².